The molecule has 0 aliphatic heterocycles. The fourth-order valence-electron chi connectivity index (χ4n) is 1.24. The van der Waals surface area contributed by atoms with Crippen LogP contribution < -0.4 is 0 Å². The SMILES string of the molecule is CC(C)=CC(=O)c1ccc(F)c(C(F)(F)F)c1. The zero-order valence-corrected chi connectivity index (χ0v) is 9.23. The van der Waals surface area contributed by atoms with Gasteiger partial charge in [0.05, 0.1) is 5.56 Å². The molecular weight excluding hydrogens is 236 g/mol. The van der Waals surface area contributed by atoms with Gasteiger partial charge >= 0.3 is 6.18 Å². The normalized spacial score (nSPS) is 11.2. The number of hydrogen-bond acceptors (Lipinski definition) is 1. The lowest BCUT2D eigenvalue weighted by Crippen LogP contribution is -2.10. The minimum absolute atomic E-state index is 0.181. The smallest absolute Gasteiger partial charge is 0.289 e. The van der Waals surface area contributed by atoms with Crippen molar-refractivity contribution in [2.75, 3.05) is 0 Å². The van der Waals surface area contributed by atoms with Gasteiger partial charge < -0.3 is 0 Å². The number of alkyl halides is 3. The summed E-state index contributed by atoms with van der Waals surface area (Å²) in [6.07, 6.45) is -3.60. The fraction of sp³-hybridized carbons (Fsp3) is 0.250. The Kier molecular flexibility index (Phi) is 3.70. The first-order chi connectivity index (χ1) is 7.71. The molecule has 0 bridgehead atoms. The molecule has 0 amide bonds. The molecule has 0 N–H and O–H groups in total. The van der Waals surface area contributed by atoms with Crippen molar-refractivity contribution in [3.63, 3.8) is 0 Å². The van der Waals surface area contributed by atoms with Crippen LogP contribution in [0.2, 0.25) is 0 Å². The van der Waals surface area contributed by atoms with E-state index >= 15 is 0 Å². The minimum Gasteiger partial charge on any atom is -0.289 e. The van der Waals surface area contributed by atoms with Crippen molar-refractivity contribution in [3.8, 4) is 0 Å². The fourth-order valence-corrected chi connectivity index (χ4v) is 1.24. The quantitative estimate of drug-likeness (QED) is 0.438. The number of rotatable bonds is 2. The first-order valence-electron chi connectivity index (χ1n) is 4.78. The van der Waals surface area contributed by atoms with E-state index in [-0.39, 0.29) is 5.56 Å². The van der Waals surface area contributed by atoms with E-state index in [1.54, 1.807) is 13.8 Å². The van der Waals surface area contributed by atoms with Crippen LogP contribution in [0.25, 0.3) is 0 Å². The average molecular weight is 246 g/mol. The Bertz CT molecular complexity index is 468. The van der Waals surface area contributed by atoms with E-state index in [4.69, 9.17) is 0 Å². The van der Waals surface area contributed by atoms with Gasteiger partial charge in [0.2, 0.25) is 0 Å². The molecule has 0 atom stereocenters. The second-order valence-corrected chi connectivity index (χ2v) is 3.78. The molecule has 0 spiro atoms. The molecule has 5 heteroatoms. The van der Waals surface area contributed by atoms with E-state index < -0.39 is 23.3 Å². The maximum absolute atomic E-state index is 12.9. The van der Waals surface area contributed by atoms with Crippen LogP contribution in [0.1, 0.15) is 29.8 Å². The number of hydrogen-bond donors (Lipinski definition) is 0. The second kappa shape index (κ2) is 4.69. The summed E-state index contributed by atoms with van der Waals surface area (Å²) in [6, 6.07) is 2.21. The van der Waals surface area contributed by atoms with E-state index in [9.17, 15) is 22.4 Å². The predicted molar refractivity (Wildman–Crippen MR) is 55.2 cm³/mol. The van der Waals surface area contributed by atoms with Gasteiger partial charge in [0.1, 0.15) is 5.82 Å². The summed E-state index contributed by atoms with van der Waals surface area (Å²) >= 11 is 0. The molecule has 0 aromatic heterocycles. The molecule has 1 rings (SSSR count). The van der Waals surface area contributed by atoms with Gasteiger partial charge in [-0.1, -0.05) is 5.57 Å². The third-order valence-electron chi connectivity index (χ3n) is 1.98. The molecular formula is C12H10F4O. The Labute approximate surface area is 95.8 Å². The molecule has 0 fully saturated rings. The van der Waals surface area contributed by atoms with E-state index in [2.05, 4.69) is 0 Å². The highest BCUT2D eigenvalue weighted by molar-refractivity contribution is 6.04. The summed E-state index contributed by atoms with van der Waals surface area (Å²) in [6.45, 7) is 3.29. The summed E-state index contributed by atoms with van der Waals surface area (Å²) in [5.41, 5.74) is -0.946. The van der Waals surface area contributed by atoms with Crippen LogP contribution in [-0.2, 0) is 6.18 Å². The van der Waals surface area contributed by atoms with Crippen molar-refractivity contribution < 1.29 is 22.4 Å². The van der Waals surface area contributed by atoms with Gasteiger partial charge in [-0.2, -0.15) is 13.2 Å². The number of halogens is 4. The molecule has 0 unspecified atom stereocenters. The Balaban J connectivity index is 3.23. The third kappa shape index (κ3) is 3.41. The largest absolute Gasteiger partial charge is 0.419 e. The van der Waals surface area contributed by atoms with Crippen molar-refractivity contribution in [3.05, 3.63) is 46.8 Å². The lowest BCUT2D eigenvalue weighted by Gasteiger charge is -2.08. The maximum atomic E-state index is 12.9. The molecule has 1 aromatic rings. The third-order valence-corrected chi connectivity index (χ3v) is 1.98. The van der Waals surface area contributed by atoms with Crippen molar-refractivity contribution >= 4 is 5.78 Å². The second-order valence-electron chi connectivity index (χ2n) is 3.78. The van der Waals surface area contributed by atoms with Crippen molar-refractivity contribution in [1.82, 2.24) is 0 Å². The van der Waals surface area contributed by atoms with Gasteiger partial charge in [-0.05, 0) is 38.1 Å². The van der Waals surface area contributed by atoms with Crippen molar-refractivity contribution in [2.24, 2.45) is 0 Å². The van der Waals surface area contributed by atoms with E-state index in [1.165, 1.54) is 6.08 Å². The zero-order valence-electron chi connectivity index (χ0n) is 9.23. The summed E-state index contributed by atoms with van der Waals surface area (Å²) in [7, 11) is 0. The van der Waals surface area contributed by atoms with E-state index in [1.807, 2.05) is 0 Å². The number of ketones is 1. The molecule has 0 radical (unpaired) electrons. The van der Waals surface area contributed by atoms with E-state index in [0.717, 1.165) is 6.07 Å². The Morgan fingerprint density at radius 3 is 2.29 bits per heavy atom. The van der Waals surface area contributed by atoms with Crippen molar-refractivity contribution in [1.29, 1.82) is 0 Å². The lowest BCUT2D eigenvalue weighted by molar-refractivity contribution is -0.140. The molecule has 17 heavy (non-hydrogen) atoms. The van der Waals surface area contributed by atoms with Crippen LogP contribution >= 0.6 is 0 Å². The molecule has 92 valence electrons. The molecule has 0 saturated heterocycles. The van der Waals surface area contributed by atoms with Crippen LogP contribution in [-0.4, -0.2) is 5.78 Å². The maximum Gasteiger partial charge on any atom is 0.419 e. The van der Waals surface area contributed by atoms with Gasteiger partial charge in [0.15, 0.2) is 5.78 Å². The average Bonchev–Trinajstić information content (AvgIpc) is 2.15. The summed E-state index contributed by atoms with van der Waals surface area (Å²) in [5.74, 6) is -1.96. The van der Waals surface area contributed by atoms with Crippen LogP contribution in [0.3, 0.4) is 0 Å². The van der Waals surface area contributed by atoms with Crippen molar-refractivity contribution in [2.45, 2.75) is 20.0 Å². The molecule has 1 aromatic carbocycles. The van der Waals surface area contributed by atoms with Gasteiger partial charge in [0.25, 0.3) is 0 Å². The highest BCUT2D eigenvalue weighted by Gasteiger charge is 2.34. The molecule has 0 aliphatic rings. The molecule has 0 saturated carbocycles. The number of carbonyl (C=O) groups is 1. The Hall–Kier alpha value is -1.65. The summed E-state index contributed by atoms with van der Waals surface area (Å²) < 4.78 is 50.1. The number of benzene rings is 1. The predicted octanol–water partition coefficient (Wildman–Crippen LogP) is 3.99. The summed E-state index contributed by atoms with van der Waals surface area (Å²) in [4.78, 5) is 11.5. The standard InChI is InChI=1S/C12H10F4O/c1-7(2)5-11(17)8-3-4-10(13)9(6-8)12(14,15)16/h3-6H,1-2H3. The van der Waals surface area contributed by atoms with Crippen LogP contribution in [0, 0.1) is 5.82 Å². The topological polar surface area (TPSA) is 17.1 Å². The minimum atomic E-state index is -4.80. The first kappa shape index (κ1) is 13.4. The Morgan fingerprint density at radius 1 is 1.24 bits per heavy atom. The van der Waals surface area contributed by atoms with Gasteiger partial charge in [-0.25, -0.2) is 4.39 Å². The number of carbonyl (C=O) groups excluding carboxylic acids is 1. The first-order valence-corrected chi connectivity index (χ1v) is 4.78. The van der Waals surface area contributed by atoms with Crippen LogP contribution in [0.4, 0.5) is 17.6 Å². The summed E-state index contributed by atoms with van der Waals surface area (Å²) in [5, 5.41) is 0. The van der Waals surface area contributed by atoms with Gasteiger partial charge in [0, 0.05) is 5.56 Å². The highest BCUT2D eigenvalue weighted by atomic mass is 19.4. The number of allylic oxidation sites excluding steroid dienone is 2. The van der Waals surface area contributed by atoms with Crippen LogP contribution in [0.15, 0.2) is 29.8 Å². The molecule has 1 nitrogen and oxygen atoms in total. The van der Waals surface area contributed by atoms with Gasteiger partial charge in [-0.3, -0.25) is 4.79 Å². The van der Waals surface area contributed by atoms with Gasteiger partial charge in [-0.15, -0.1) is 0 Å². The molecule has 0 heterocycles. The lowest BCUT2D eigenvalue weighted by atomic mass is 10.0. The van der Waals surface area contributed by atoms with E-state index in [0.29, 0.717) is 17.7 Å². The van der Waals surface area contributed by atoms with Crippen LogP contribution in [0.5, 0.6) is 0 Å². The molecule has 0 aliphatic carbocycles. The monoisotopic (exact) mass is 246 g/mol. The highest BCUT2D eigenvalue weighted by Crippen LogP contribution is 2.32. The zero-order chi connectivity index (χ0) is 13.2. The Morgan fingerprint density at radius 2 is 1.82 bits per heavy atom.